The molecule has 19 heavy (non-hydrogen) atoms. The van der Waals surface area contributed by atoms with Crippen molar-refractivity contribution in [3.05, 3.63) is 46.2 Å². The van der Waals surface area contributed by atoms with Gasteiger partial charge in [0.15, 0.2) is 0 Å². The van der Waals surface area contributed by atoms with Gasteiger partial charge in [0.05, 0.1) is 5.69 Å². The van der Waals surface area contributed by atoms with E-state index in [1.165, 1.54) is 4.52 Å². The van der Waals surface area contributed by atoms with E-state index < -0.39 is 5.56 Å². The molecule has 3 rings (SSSR count). The molecule has 0 atom stereocenters. The largest absolute Gasteiger partial charge is 0.366 e. The first kappa shape index (κ1) is 11.0. The van der Waals surface area contributed by atoms with Gasteiger partial charge in [-0.05, 0) is 0 Å². The number of anilines is 1. The van der Waals surface area contributed by atoms with Crippen molar-refractivity contribution in [1.82, 2.24) is 19.6 Å². The molecule has 0 aliphatic heterocycles. The second kappa shape index (κ2) is 3.96. The fraction of sp³-hybridized carbons (Fsp3) is 0. The summed E-state index contributed by atoms with van der Waals surface area (Å²) in [5, 5.41) is 13.2. The minimum atomic E-state index is -0.513. The standard InChI is InChI=1S/C12H8N6O/c13-6-8-9(7-4-2-1-3-5-7)18-12(15-10(8)19)16-11(14)17-18/h1-5H,(H3,14,15,16,17,19). The number of aromatic nitrogens is 4. The fourth-order valence-electron chi connectivity index (χ4n) is 1.91. The molecular weight excluding hydrogens is 244 g/mol. The third-order valence-corrected chi connectivity index (χ3v) is 2.68. The predicted octanol–water partition coefficient (Wildman–Crippen LogP) is 0.538. The molecule has 0 unspecified atom stereocenters. The van der Waals surface area contributed by atoms with E-state index in [0.717, 1.165) is 0 Å². The molecule has 0 bridgehead atoms. The zero-order chi connectivity index (χ0) is 13.4. The SMILES string of the molecule is N#Cc1c(-c2ccccc2)n2nc(N)nc2[nH]c1=O. The van der Waals surface area contributed by atoms with E-state index >= 15 is 0 Å². The average molecular weight is 252 g/mol. The topological polar surface area (TPSA) is 113 Å². The molecule has 0 fully saturated rings. The Morgan fingerprint density at radius 1 is 1.32 bits per heavy atom. The molecule has 0 spiro atoms. The maximum absolute atomic E-state index is 11.9. The van der Waals surface area contributed by atoms with Crippen LogP contribution in [0.3, 0.4) is 0 Å². The summed E-state index contributed by atoms with van der Waals surface area (Å²) in [7, 11) is 0. The molecule has 0 aliphatic rings. The molecule has 0 radical (unpaired) electrons. The number of nitrogens with one attached hydrogen (secondary N) is 1. The van der Waals surface area contributed by atoms with Gasteiger partial charge < -0.3 is 5.73 Å². The Bertz CT molecular complexity index is 856. The summed E-state index contributed by atoms with van der Waals surface area (Å²) in [6.45, 7) is 0. The van der Waals surface area contributed by atoms with Crippen LogP contribution in [0.1, 0.15) is 5.56 Å². The minimum absolute atomic E-state index is 0.0244. The number of hydrogen-bond acceptors (Lipinski definition) is 5. The molecule has 1 aromatic carbocycles. The summed E-state index contributed by atoms with van der Waals surface area (Å²) in [6, 6.07) is 10.9. The summed E-state index contributed by atoms with van der Waals surface area (Å²) in [6.07, 6.45) is 0. The van der Waals surface area contributed by atoms with E-state index in [9.17, 15) is 4.79 Å². The van der Waals surface area contributed by atoms with Crippen LogP contribution in [0.5, 0.6) is 0 Å². The van der Waals surface area contributed by atoms with Crippen molar-refractivity contribution in [2.75, 3.05) is 5.73 Å². The fourth-order valence-corrected chi connectivity index (χ4v) is 1.91. The van der Waals surface area contributed by atoms with Crippen molar-refractivity contribution in [2.45, 2.75) is 0 Å². The van der Waals surface area contributed by atoms with Gasteiger partial charge in [0.25, 0.3) is 5.56 Å². The Morgan fingerprint density at radius 2 is 2.05 bits per heavy atom. The van der Waals surface area contributed by atoms with E-state index in [0.29, 0.717) is 11.3 Å². The van der Waals surface area contributed by atoms with Gasteiger partial charge >= 0.3 is 0 Å². The number of aromatic amines is 1. The molecule has 3 N–H and O–H groups in total. The first-order chi connectivity index (χ1) is 9.20. The van der Waals surface area contributed by atoms with E-state index in [-0.39, 0.29) is 17.3 Å². The Morgan fingerprint density at radius 3 is 2.74 bits per heavy atom. The summed E-state index contributed by atoms with van der Waals surface area (Å²) in [5.74, 6) is 0.239. The second-order valence-electron chi connectivity index (χ2n) is 3.86. The number of nitriles is 1. The van der Waals surface area contributed by atoms with Crippen LogP contribution in [0.25, 0.3) is 17.0 Å². The van der Waals surface area contributed by atoms with Crippen LogP contribution in [-0.4, -0.2) is 19.6 Å². The maximum atomic E-state index is 11.9. The molecule has 0 saturated carbocycles. The average Bonchev–Trinajstić information content (AvgIpc) is 2.77. The summed E-state index contributed by atoms with van der Waals surface area (Å²) in [4.78, 5) is 18.2. The highest BCUT2D eigenvalue weighted by Crippen LogP contribution is 2.21. The van der Waals surface area contributed by atoms with E-state index in [1.807, 2.05) is 24.3 Å². The van der Waals surface area contributed by atoms with Crippen LogP contribution in [0, 0.1) is 11.3 Å². The van der Waals surface area contributed by atoms with E-state index in [1.54, 1.807) is 12.1 Å². The third kappa shape index (κ3) is 1.63. The number of nitrogens with zero attached hydrogens (tertiary/aromatic N) is 4. The van der Waals surface area contributed by atoms with Crippen LogP contribution >= 0.6 is 0 Å². The van der Waals surface area contributed by atoms with Crippen molar-refractivity contribution in [3.8, 4) is 17.3 Å². The Kier molecular flexibility index (Phi) is 2.29. The van der Waals surface area contributed by atoms with Crippen LogP contribution in [0.4, 0.5) is 5.95 Å². The number of fused-ring (bicyclic) bond motifs is 1. The van der Waals surface area contributed by atoms with Gasteiger partial charge in [0.1, 0.15) is 11.6 Å². The van der Waals surface area contributed by atoms with Gasteiger partial charge in [-0.25, -0.2) is 0 Å². The van der Waals surface area contributed by atoms with Crippen LogP contribution < -0.4 is 11.3 Å². The highest BCUT2D eigenvalue weighted by Gasteiger charge is 2.16. The maximum Gasteiger partial charge on any atom is 0.270 e. The Hall–Kier alpha value is -3.14. The summed E-state index contributed by atoms with van der Waals surface area (Å²) < 4.78 is 1.37. The van der Waals surface area contributed by atoms with Gasteiger partial charge in [-0.2, -0.15) is 14.8 Å². The number of benzene rings is 1. The first-order valence-electron chi connectivity index (χ1n) is 5.45. The Labute approximate surface area is 106 Å². The zero-order valence-electron chi connectivity index (χ0n) is 9.66. The first-order valence-corrected chi connectivity index (χ1v) is 5.45. The van der Waals surface area contributed by atoms with Crippen molar-refractivity contribution in [3.63, 3.8) is 0 Å². The second-order valence-corrected chi connectivity index (χ2v) is 3.86. The highest BCUT2D eigenvalue weighted by atomic mass is 16.1. The zero-order valence-corrected chi connectivity index (χ0v) is 9.66. The lowest BCUT2D eigenvalue weighted by Gasteiger charge is -2.05. The Balaban J connectivity index is 2.51. The van der Waals surface area contributed by atoms with E-state index in [4.69, 9.17) is 11.0 Å². The third-order valence-electron chi connectivity index (χ3n) is 2.68. The molecule has 0 saturated heterocycles. The van der Waals surface area contributed by atoms with Crippen LogP contribution in [-0.2, 0) is 0 Å². The molecule has 2 heterocycles. The van der Waals surface area contributed by atoms with Crippen molar-refractivity contribution in [2.24, 2.45) is 0 Å². The number of hydrogen-bond donors (Lipinski definition) is 2. The van der Waals surface area contributed by atoms with Crippen LogP contribution in [0.2, 0.25) is 0 Å². The molecule has 7 heteroatoms. The normalized spacial score (nSPS) is 10.5. The molecule has 7 nitrogen and oxygen atoms in total. The van der Waals surface area contributed by atoms with Gasteiger partial charge in [-0.1, -0.05) is 30.3 Å². The van der Waals surface area contributed by atoms with Crippen molar-refractivity contribution in [1.29, 1.82) is 5.26 Å². The highest BCUT2D eigenvalue weighted by molar-refractivity contribution is 5.68. The van der Waals surface area contributed by atoms with Crippen molar-refractivity contribution >= 4 is 11.7 Å². The summed E-state index contributed by atoms with van der Waals surface area (Å²) >= 11 is 0. The van der Waals surface area contributed by atoms with Gasteiger partial charge in [0, 0.05) is 5.56 Å². The molecule has 3 aromatic rings. The minimum Gasteiger partial charge on any atom is -0.366 e. The smallest absolute Gasteiger partial charge is 0.270 e. The quantitative estimate of drug-likeness (QED) is 0.656. The molecule has 0 amide bonds. The number of nitrogens with two attached hydrogens (primary N) is 1. The number of nitrogen functional groups attached to an aromatic ring is 1. The summed E-state index contributed by atoms with van der Waals surface area (Å²) in [5.41, 5.74) is 6.07. The molecule has 92 valence electrons. The van der Waals surface area contributed by atoms with Crippen LogP contribution in [0.15, 0.2) is 35.1 Å². The van der Waals surface area contributed by atoms with Gasteiger partial charge in [0.2, 0.25) is 11.7 Å². The molecule has 2 aromatic heterocycles. The lowest BCUT2D eigenvalue weighted by Crippen LogP contribution is -2.16. The lowest BCUT2D eigenvalue weighted by molar-refractivity contribution is 0.938. The van der Waals surface area contributed by atoms with Gasteiger partial charge in [-0.3, -0.25) is 9.78 Å². The predicted molar refractivity (Wildman–Crippen MR) is 68.2 cm³/mol. The monoisotopic (exact) mass is 252 g/mol. The van der Waals surface area contributed by atoms with Crippen molar-refractivity contribution < 1.29 is 0 Å². The molecular formula is C12H8N6O. The van der Waals surface area contributed by atoms with Gasteiger partial charge in [-0.15, -0.1) is 5.10 Å². The lowest BCUT2D eigenvalue weighted by atomic mass is 10.1. The molecule has 0 aliphatic carbocycles. The number of rotatable bonds is 1. The van der Waals surface area contributed by atoms with E-state index in [2.05, 4.69) is 15.1 Å². The number of H-pyrrole nitrogens is 1.